The van der Waals surface area contributed by atoms with Crippen molar-refractivity contribution in [2.24, 2.45) is 0 Å². The highest BCUT2D eigenvalue weighted by Crippen LogP contribution is 2.52. The van der Waals surface area contributed by atoms with Crippen LogP contribution in [-0.2, 0) is 0 Å². The van der Waals surface area contributed by atoms with E-state index in [1.54, 1.807) is 0 Å². The molecule has 0 N–H and O–H groups in total. The standard InChI is InChI=1S/C68H42N2O2S/c1-5-17-45(18-6-1)69(46-19-7-2-8-20-46)49-33-29-43(30-34-49)55-41-57-58-42-56(44-31-35-50(36-32-44)70(47-21-9-3-10-22-47)48-23-11-4-12-24-48)64-54(38-40-62-66(64)52-26-14-16-28-60(52)72-62)68(58)73-67(57)53-37-39-61-65(63(53)55)51-25-13-15-27-59(51)71-61/h1-42H. The minimum atomic E-state index is 0.884. The molecule has 15 aromatic rings. The smallest absolute Gasteiger partial charge is 0.136 e. The first-order valence-corrected chi connectivity index (χ1v) is 25.5. The maximum absolute atomic E-state index is 6.62. The van der Waals surface area contributed by atoms with Crippen LogP contribution in [0.25, 0.3) is 108 Å². The third-order valence-corrected chi connectivity index (χ3v) is 15.9. The third-order valence-electron chi connectivity index (χ3n) is 14.6. The lowest BCUT2D eigenvalue weighted by atomic mass is 9.90. The second-order valence-corrected chi connectivity index (χ2v) is 19.8. The fourth-order valence-corrected chi connectivity index (χ4v) is 12.7. The summed E-state index contributed by atoms with van der Waals surface area (Å²) in [7, 11) is 0. The highest BCUT2D eigenvalue weighted by Gasteiger charge is 2.24. The van der Waals surface area contributed by atoms with Crippen LogP contribution in [0.1, 0.15) is 0 Å². The molecule has 0 aliphatic rings. The number of hydrogen-bond acceptors (Lipinski definition) is 5. The van der Waals surface area contributed by atoms with E-state index in [1.807, 2.05) is 11.3 Å². The Morgan fingerprint density at radius 2 is 0.575 bits per heavy atom. The predicted molar refractivity (Wildman–Crippen MR) is 309 cm³/mol. The minimum absolute atomic E-state index is 0.884. The van der Waals surface area contributed by atoms with E-state index in [9.17, 15) is 0 Å². The van der Waals surface area contributed by atoms with Gasteiger partial charge in [0.15, 0.2) is 0 Å². The first-order chi connectivity index (χ1) is 36.2. The maximum atomic E-state index is 6.62. The van der Waals surface area contributed by atoms with Crippen LogP contribution in [0.15, 0.2) is 264 Å². The van der Waals surface area contributed by atoms with Crippen molar-refractivity contribution in [1.29, 1.82) is 0 Å². The minimum Gasteiger partial charge on any atom is -0.456 e. The van der Waals surface area contributed by atoms with E-state index >= 15 is 0 Å². The number of para-hydroxylation sites is 6. The molecule has 0 atom stereocenters. The second-order valence-electron chi connectivity index (χ2n) is 18.7. The molecule has 0 spiro atoms. The zero-order valence-electron chi connectivity index (χ0n) is 39.4. The molecule has 0 saturated heterocycles. The summed E-state index contributed by atoms with van der Waals surface area (Å²) >= 11 is 1.89. The summed E-state index contributed by atoms with van der Waals surface area (Å²) in [6, 6.07) is 91.4. The highest BCUT2D eigenvalue weighted by molar-refractivity contribution is 7.27. The van der Waals surface area contributed by atoms with Gasteiger partial charge in [-0.1, -0.05) is 133 Å². The van der Waals surface area contributed by atoms with E-state index in [4.69, 9.17) is 8.83 Å². The van der Waals surface area contributed by atoms with Crippen LogP contribution in [0, 0.1) is 0 Å². The molecular formula is C68H42N2O2S. The first kappa shape index (κ1) is 41.4. The number of nitrogens with zero attached hydrogens (tertiary/aromatic N) is 2. The van der Waals surface area contributed by atoms with E-state index in [1.165, 1.54) is 52.8 Å². The predicted octanol–water partition coefficient (Wildman–Crippen LogP) is 20.4. The Morgan fingerprint density at radius 3 is 0.945 bits per heavy atom. The number of hydrogen-bond donors (Lipinski definition) is 0. The van der Waals surface area contributed by atoms with Crippen molar-refractivity contribution in [2.45, 2.75) is 0 Å². The molecule has 0 aliphatic heterocycles. The Hall–Kier alpha value is -9.42. The lowest BCUT2D eigenvalue weighted by Crippen LogP contribution is -2.09. The lowest BCUT2D eigenvalue weighted by Gasteiger charge is -2.25. The summed E-state index contributed by atoms with van der Waals surface area (Å²) in [5, 5.41) is 11.8. The molecule has 12 aromatic carbocycles. The zero-order chi connectivity index (χ0) is 48.0. The molecular weight excluding hydrogens is 909 g/mol. The van der Waals surface area contributed by atoms with E-state index in [0.29, 0.717) is 0 Å². The van der Waals surface area contributed by atoms with Crippen molar-refractivity contribution in [3.05, 3.63) is 255 Å². The molecule has 0 amide bonds. The normalized spacial score (nSPS) is 11.8. The number of benzene rings is 12. The van der Waals surface area contributed by atoms with Crippen LogP contribution in [0.3, 0.4) is 0 Å². The van der Waals surface area contributed by atoms with Crippen molar-refractivity contribution >= 4 is 131 Å². The maximum Gasteiger partial charge on any atom is 0.136 e. The summed E-state index contributed by atoms with van der Waals surface area (Å²) in [5.74, 6) is 0. The van der Waals surface area contributed by atoms with Gasteiger partial charge in [0.1, 0.15) is 22.3 Å². The summed E-state index contributed by atoms with van der Waals surface area (Å²) < 4.78 is 15.7. The molecule has 0 unspecified atom stereocenters. The SMILES string of the molecule is c1ccc(N(c2ccccc2)c2ccc(-c3cc4c5cc(-c6ccc(N(c7ccccc7)c7ccccc7)cc6)c6c(ccc7oc8ccccc8c76)c5sc4c4ccc5oc6ccccc6c5c34)cc2)cc1. The van der Waals surface area contributed by atoms with Crippen LogP contribution in [0.4, 0.5) is 34.1 Å². The Balaban J connectivity index is 0.996. The number of thiophene rings is 1. The average molecular weight is 951 g/mol. The van der Waals surface area contributed by atoms with Gasteiger partial charge in [-0.05, 0) is 144 Å². The van der Waals surface area contributed by atoms with Crippen LogP contribution >= 0.6 is 11.3 Å². The van der Waals surface area contributed by atoms with Gasteiger partial charge in [0, 0.05) is 97.4 Å². The molecule has 73 heavy (non-hydrogen) atoms. The summed E-state index contributed by atoms with van der Waals surface area (Å²) in [6.45, 7) is 0. The van der Waals surface area contributed by atoms with Gasteiger partial charge in [0.05, 0.1) is 0 Å². The molecule has 0 saturated carbocycles. The summed E-state index contributed by atoms with van der Waals surface area (Å²) in [4.78, 5) is 4.64. The molecule has 4 nitrogen and oxygen atoms in total. The topological polar surface area (TPSA) is 32.8 Å². The number of furan rings is 2. The van der Waals surface area contributed by atoms with Crippen molar-refractivity contribution < 1.29 is 8.83 Å². The average Bonchev–Trinajstić information content (AvgIpc) is 4.16. The Morgan fingerprint density at radius 1 is 0.247 bits per heavy atom. The molecule has 3 heterocycles. The van der Waals surface area contributed by atoms with Crippen molar-refractivity contribution in [1.82, 2.24) is 0 Å². The van der Waals surface area contributed by atoms with Crippen molar-refractivity contribution in [3.63, 3.8) is 0 Å². The molecule has 0 bridgehead atoms. The monoisotopic (exact) mass is 950 g/mol. The summed E-state index contributed by atoms with van der Waals surface area (Å²) in [5.41, 5.74) is 14.7. The largest absolute Gasteiger partial charge is 0.456 e. The van der Waals surface area contributed by atoms with Gasteiger partial charge in [0.2, 0.25) is 0 Å². The molecule has 0 aliphatic carbocycles. The van der Waals surface area contributed by atoms with Gasteiger partial charge >= 0.3 is 0 Å². The molecule has 15 rings (SSSR count). The zero-order valence-corrected chi connectivity index (χ0v) is 40.2. The van der Waals surface area contributed by atoms with Crippen LogP contribution in [-0.4, -0.2) is 0 Å². The summed E-state index contributed by atoms with van der Waals surface area (Å²) in [6.07, 6.45) is 0. The van der Waals surface area contributed by atoms with Gasteiger partial charge in [-0.25, -0.2) is 0 Å². The molecule has 5 heteroatoms. The highest BCUT2D eigenvalue weighted by atomic mass is 32.1. The van der Waals surface area contributed by atoms with Crippen LogP contribution in [0.2, 0.25) is 0 Å². The first-order valence-electron chi connectivity index (χ1n) is 24.7. The molecule has 342 valence electrons. The molecule has 3 aromatic heterocycles. The van der Waals surface area contributed by atoms with Crippen LogP contribution in [0.5, 0.6) is 0 Å². The Bertz CT molecular complexity index is 4210. The van der Waals surface area contributed by atoms with Gasteiger partial charge in [-0.2, -0.15) is 0 Å². The Labute approximate surface area is 424 Å². The number of fused-ring (bicyclic) bond motifs is 15. The van der Waals surface area contributed by atoms with E-state index in [0.717, 1.165) is 89.1 Å². The fraction of sp³-hybridized carbons (Fsp3) is 0. The van der Waals surface area contributed by atoms with E-state index in [-0.39, 0.29) is 0 Å². The van der Waals surface area contributed by atoms with Crippen molar-refractivity contribution in [2.75, 3.05) is 9.80 Å². The van der Waals surface area contributed by atoms with Gasteiger partial charge < -0.3 is 18.6 Å². The lowest BCUT2D eigenvalue weighted by molar-refractivity contribution is 0.669. The van der Waals surface area contributed by atoms with Gasteiger partial charge in [-0.3, -0.25) is 0 Å². The molecule has 0 fully saturated rings. The van der Waals surface area contributed by atoms with Crippen LogP contribution < -0.4 is 9.80 Å². The number of anilines is 6. The second kappa shape index (κ2) is 16.6. The van der Waals surface area contributed by atoms with E-state index in [2.05, 4.69) is 265 Å². The van der Waals surface area contributed by atoms with Gasteiger partial charge in [-0.15, -0.1) is 11.3 Å². The molecule has 0 radical (unpaired) electrons. The fourth-order valence-electron chi connectivity index (χ4n) is 11.4. The van der Waals surface area contributed by atoms with E-state index < -0.39 is 0 Å². The Kier molecular flexibility index (Phi) is 9.41. The third kappa shape index (κ3) is 6.60. The van der Waals surface area contributed by atoms with Gasteiger partial charge in [0.25, 0.3) is 0 Å². The van der Waals surface area contributed by atoms with Crippen molar-refractivity contribution in [3.8, 4) is 22.3 Å². The quantitative estimate of drug-likeness (QED) is 0.152. The number of rotatable bonds is 8.